The molecule has 4 rings (SSSR count). The Morgan fingerprint density at radius 1 is 1.23 bits per heavy atom. The number of hydrogen-bond donors (Lipinski definition) is 3. The van der Waals surface area contributed by atoms with E-state index >= 15 is 4.39 Å². The van der Waals surface area contributed by atoms with Gasteiger partial charge in [-0.15, -0.1) is 5.10 Å². The van der Waals surface area contributed by atoms with Gasteiger partial charge in [0.15, 0.2) is 5.82 Å². The number of aryl methyl sites for hydroxylation is 1. The van der Waals surface area contributed by atoms with Crippen LogP contribution in [0.25, 0.3) is 27.7 Å². The Morgan fingerprint density at radius 2 is 1.97 bits per heavy atom. The summed E-state index contributed by atoms with van der Waals surface area (Å²) in [6.45, 7) is 2.95. The number of thiol groups is 2. The molecule has 0 amide bonds. The number of benzene rings is 1. The number of fused-ring (bicyclic) bond motifs is 2. The van der Waals surface area contributed by atoms with Gasteiger partial charge in [-0.05, 0) is 31.5 Å². The van der Waals surface area contributed by atoms with Gasteiger partial charge in [-0.2, -0.15) is 25.3 Å². The molecule has 0 radical (unpaired) electrons. The van der Waals surface area contributed by atoms with E-state index < -0.39 is 22.9 Å². The van der Waals surface area contributed by atoms with Crippen molar-refractivity contribution in [2.75, 3.05) is 5.73 Å². The van der Waals surface area contributed by atoms with Crippen molar-refractivity contribution in [1.29, 1.82) is 0 Å². The molecule has 11 heteroatoms. The lowest BCUT2D eigenvalue weighted by Gasteiger charge is -2.17. The Bertz CT molecular complexity index is 1260. The number of nitrogens with zero attached hydrogens (tertiary/aromatic N) is 5. The molecule has 0 spiro atoms. The highest BCUT2D eigenvalue weighted by molar-refractivity contribution is 8.00. The van der Waals surface area contributed by atoms with E-state index in [1.807, 2.05) is 0 Å². The van der Waals surface area contributed by atoms with Crippen molar-refractivity contribution in [3.05, 3.63) is 41.7 Å². The third-order valence-electron chi connectivity index (χ3n) is 4.72. The standard InChI is InChI=1S/C19H19F3N6S2/c1-9-24-12-4-3-10(5-14(12)27(9)8-15(21)22)16-11(20)7-28-17(16)13(6-19(2,29)30)25-18(23)26-28/h3-5,7,15,29-30H,6,8H2,1-2H3,(H2,23,26). The van der Waals surface area contributed by atoms with Gasteiger partial charge in [-0.3, -0.25) is 0 Å². The van der Waals surface area contributed by atoms with Gasteiger partial charge in [0.25, 0.3) is 6.43 Å². The summed E-state index contributed by atoms with van der Waals surface area (Å²) in [7, 11) is 0. The van der Waals surface area contributed by atoms with Crippen LogP contribution in [-0.2, 0) is 13.0 Å². The fourth-order valence-corrected chi connectivity index (χ4v) is 3.93. The highest BCUT2D eigenvalue weighted by Gasteiger charge is 2.24. The molecule has 0 aliphatic heterocycles. The summed E-state index contributed by atoms with van der Waals surface area (Å²) in [4.78, 5) is 8.59. The molecule has 1 aromatic carbocycles. The molecule has 0 bridgehead atoms. The molecule has 2 N–H and O–H groups in total. The molecule has 0 saturated carbocycles. The lowest BCUT2D eigenvalue weighted by Crippen LogP contribution is -2.15. The number of halogens is 3. The van der Waals surface area contributed by atoms with Crippen LogP contribution in [0.5, 0.6) is 0 Å². The summed E-state index contributed by atoms with van der Waals surface area (Å²) in [6.07, 6.45) is -1.04. The normalized spacial score (nSPS) is 12.5. The Labute approximate surface area is 181 Å². The SMILES string of the molecule is Cc1nc2ccc(-c3c(F)cn4nc(N)nc(CC(C)(S)S)c34)cc2n1CC(F)F. The number of nitrogens with two attached hydrogens (primary N) is 1. The second kappa shape index (κ2) is 7.38. The summed E-state index contributed by atoms with van der Waals surface area (Å²) in [5.74, 6) is -0.0828. The van der Waals surface area contributed by atoms with Gasteiger partial charge in [0.05, 0.1) is 39.1 Å². The molecule has 6 nitrogen and oxygen atoms in total. The predicted molar refractivity (Wildman–Crippen MR) is 117 cm³/mol. The minimum Gasteiger partial charge on any atom is -0.367 e. The van der Waals surface area contributed by atoms with Gasteiger partial charge >= 0.3 is 0 Å². The number of alkyl halides is 2. The monoisotopic (exact) mass is 452 g/mol. The quantitative estimate of drug-likeness (QED) is 0.314. The highest BCUT2D eigenvalue weighted by Crippen LogP contribution is 2.35. The molecule has 3 heterocycles. The van der Waals surface area contributed by atoms with Crippen LogP contribution in [0, 0.1) is 12.7 Å². The van der Waals surface area contributed by atoms with E-state index in [1.165, 1.54) is 15.3 Å². The average molecular weight is 453 g/mol. The maximum Gasteiger partial charge on any atom is 0.256 e. The molecule has 0 unspecified atom stereocenters. The number of aromatic nitrogens is 5. The Kier molecular flexibility index (Phi) is 5.13. The smallest absolute Gasteiger partial charge is 0.256 e. The molecule has 0 aliphatic carbocycles. The molecule has 0 atom stereocenters. The van der Waals surface area contributed by atoms with Gasteiger partial charge in [0.2, 0.25) is 5.95 Å². The van der Waals surface area contributed by atoms with Crippen LogP contribution < -0.4 is 5.73 Å². The number of anilines is 1. The first-order chi connectivity index (χ1) is 14.0. The van der Waals surface area contributed by atoms with Gasteiger partial charge in [-0.1, -0.05) is 6.07 Å². The maximum atomic E-state index is 15.0. The minimum atomic E-state index is -2.54. The molecule has 0 fully saturated rings. The molecule has 3 aromatic heterocycles. The Hall–Kier alpha value is -2.40. The summed E-state index contributed by atoms with van der Waals surface area (Å²) in [5.41, 5.74) is 8.48. The number of nitrogen functional groups attached to an aromatic ring is 1. The number of hydrogen-bond acceptors (Lipinski definition) is 6. The van der Waals surface area contributed by atoms with Crippen LogP contribution in [0.1, 0.15) is 18.4 Å². The van der Waals surface area contributed by atoms with Crippen molar-refractivity contribution in [2.45, 2.75) is 37.3 Å². The fraction of sp³-hybridized carbons (Fsp3) is 0.316. The Morgan fingerprint density at radius 3 is 2.63 bits per heavy atom. The predicted octanol–water partition coefficient (Wildman–Crippen LogP) is 4.16. The van der Waals surface area contributed by atoms with Crippen LogP contribution >= 0.6 is 25.3 Å². The first kappa shape index (κ1) is 20.9. The first-order valence-corrected chi connectivity index (χ1v) is 9.96. The second-order valence-corrected chi connectivity index (χ2v) is 9.65. The van der Waals surface area contributed by atoms with Crippen molar-refractivity contribution in [1.82, 2.24) is 24.1 Å². The topological polar surface area (TPSA) is 74.0 Å². The van der Waals surface area contributed by atoms with E-state index in [0.717, 1.165) is 0 Å². The zero-order chi connectivity index (χ0) is 21.8. The molecule has 4 aromatic rings. The van der Waals surface area contributed by atoms with E-state index in [2.05, 4.69) is 40.3 Å². The van der Waals surface area contributed by atoms with E-state index in [1.54, 1.807) is 32.0 Å². The summed E-state index contributed by atoms with van der Waals surface area (Å²) >= 11 is 8.86. The molecule has 0 saturated heterocycles. The van der Waals surface area contributed by atoms with E-state index in [4.69, 9.17) is 5.73 Å². The zero-order valence-corrected chi connectivity index (χ0v) is 17.9. The minimum absolute atomic E-state index is 0.00828. The van der Waals surface area contributed by atoms with Crippen LogP contribution in [0.15, 0.2) is 24.4 Å². The van der Waals surface area contributed by atoms with Crippen molar-refractivity contribution in [3.8, 4) is 11.1 Å². The third-order valence-corrected chi connectivity index (χ3v) is 5.04. The fourth-order valence-electron chi connectivity index (χ4n) is 3.63. The highest BCUT2D eigenvalue weighted by atomic mass is 32.2. The lowest BCUT2D eigenvalue weighted by molar-refractivity contribution is 0.127. The molecule has 0 aliphatic rings. The van der Waals surface area contributed by atoms with Crippen LogP contribution in [0.4, 0.5) is 19.1 Å². The largest absolute Gasteiger partial charge is 0.367 e. The summed E-state index contributed by atoms with van der Waals surface area (Å²) in [5, 5.41) is 4.07. The third kappa shape index (κ3) is 3.83. The van der Waals surface area contributed by atoms with E-state index in [-0.39, 0.29) is 17.9 Å². The molecule has 158 valence electrons. The summed E-state index contributed by atoms with van der Waals surface area (Å²) < 4.78 is 43.2. The van der Waals surface area contributed by atoms with Crippen LogP contribution in [0.2, 0.25) is 0 Å². The number of rotatable bonds is 5. The van der Waals surface area contributed by atoms with Crippen molar-refractivity contribution < 1.29 is 13.2 Å². The van der Waals surface area contributed by atoms with Gasteiger partial charge in [0.1, 0.15) is 5.82 Å². The first-order valence-electron chi connectivity index (χ1n) is 9.07. The molecular formula is C19H19F3N6S2. The maximum absolute atomic E-state index is 15.0. The van der Waals surface area contributed by atoms with Crippen molar-refractivity contribution >= 4 is 47.8 Å². The molecular weight excluding hydrogens is 433 g/mol. The van der Waals surface area contributed by atoms with Crippen molar-refractivity contribution in [3.63, 3.8) is 0 Å². The lowest BCUT2D eigenvalue weighted by atomic mass is 10.0. The van der Waals surface area contributed by atoms with Crippen LogP contribution in [-0.4, -0.2) is 34.7 Å². The van der Waals surface area contributed by atoms with Gasteiger partial charge in [-0.25, -0.2) is 27.7 Å². The van der Waals surface area contributed by atoms with E-state index in [9.17, 15) is 8.78 Å². The zero-order valence-electron chi connectivity index (χ0n) is 16.1. The average Bonchev–Trinajstić information content (AvgIpc) is 3.09. The molecule has 30 heavy (non-hydrogen) atoms. The van der Waals surface area contributed by atoms with Crippen molar-refractivity contribution in [2.24, 2.45) is 0 Å². The summed E-state index contributed by atoms with van der Waals surface area (Å²) in [6, 6.07) is 5.03. The Balaban J connectivity index is 1.97. The van der Waals surface area contributed by atoms with E-state index in [0.29, 0.717) is 33.6 Å². The second-order valence-electron chi connectivity index (χ2n) is 7.32. The van der Waals surface area contributed by atoms with Gasteiger partial charge in [0, 0.05) is 12.0 Å². The number of imidazole rings is 1. The van der Waals surface area contributed by atoms with Gasteiger partial charge < -0.3 is 10.3 Å². The van der Waals surface area contributed by atoms with Crippen LogP contribution in [0.3, 0.4) is 0 Å².